The van der Waals surface area contributed by atoms with E-state index < -0.39 is 9.84 Å². The Morgan fingerprint density at radius 2 is 1.92 bits per heavy atom. The Labute approximate surface area is 155 Å². The van der Waals surface area contributed by atoms with Gasteiger partial charge in [0.15, 0.2) is 0 Å². The molecule has 1 N–H and O–H groups in total. The molecule has 2 aromatic rings. The number of hydrogen-bond donors (Lipinski definition) is 1. The van der Waals surface area contributed by atoms with Crippen LogP contribution < -0.4 is 10.1 Å². The molecule has 2 aromatic carbocycles. The van der Waals surface area contributed by atoms with Gasteiger partial charge in [-0.25, -0.2) is 8.42 Å². The van der Waals surface area contributed by atoms with Crippen LogP contribution in [0.5, 0.6) is 5.75 Å². The molecule has 1 aliphatic carbocycles. The summed E-state index contributed by atoms with van der Waals surface area (Å²) in [6, 6.07) is 12.2. The molecule has 0 saturated heterocycles. The number of sulfone groups is 1. The lowest BCUT2D eigenvalue weighted by Crippen LogP contribution is -2.21. The highest BCUT2D eigenvalue weighted by Crippen LogP contribution is 2.34. The number of methoxy groups -OCH3 is 1. The molecule has 4 nitrogen and oxygen atoms in total. The Kier molecular flexibility index (Phi) is 6.49. The number of halogens is 1. The second-order valence-corrected chi connectivity index (χ2v) is 8.14. The van der Waals surface area contributed by atoms with Crippen LogP contribution in [0.4, 0.5) is 0 Å². The molecular weight excluding hydrogens is 358 g/mol. The van der Waals surface area contributed by atoms with Gasteiger partial charge < -0.3 is 10.1 Å². The first-order chi connectivity index (χ1) is 11.6. The van der Waals surface area contributed by atoms with Gasteiger partial charge >= 0.3 is 0 Å². The fraction of sp³-hybridized carbons (Fsp3) is 0.368. The zero-order chi connectivity index (χ0) is 17.2. The smallest absolute Gasteiger partial charge is 0.206 e. The van der Waals surface area contributed by atoms with Crippen molar-refractivity contribution in [2.75, 3.05) is 20.7 Å². The van der Waals surface area contributed by atoms with Crippen molar-refractivity contribution in [3.05, 3.63) is 53.6 Å². The molecule has 0 amide bonds. The molecule has 136 valence electrons. The number of hydrogen-bond acceptors (Lipinski definition) is 4. The van der Waals surface area contributed by atoms with Crippen LogP contribution in [0.25, 0.3) is 0 Å². The van der Waals surface area contributed by atoms with Crippen molar-refractivity contribution in [2.45, 2.75) is 35.0 Å². The molecule has 1 aliphatic rings. The lowest BCUT2D eigenvalue weighted by Gasteiger charge is -2.26. The van der Waals surface area contributed by atoms with E-state index in [0.717, 1.165) is 31.4 Å². The van der Waals surface area contributed by atoms with Gasteiger partial charge in [-0.05, 0) is 73.7 Å². The van der Waals surface area contributed by atoms with Crippen LogP contribution in [0.2, 0.25) is 0 Å². The quantitative estimate of drug-likeness (QED) is 0.859. The van der Waals surface area contributed by atoms with Gasteiger partial charge in [-0.1, -0.05) is 12.1 Å². The van der Waals surface area contributed by atoms with Crippen molar-refractivity contribution in [3.63, 3.8) is 0 Å². The summed E-state index contributed by atoms with van der Waals surface area (Å²) in [5.74, 6) is 1.01. The number of ether oxygens (including phenoxy) is 1. The summed E-state index contributed by atoms with van der Waals surface area (Å²) in [6.45, 7) is 0.926. The number of nitrogens with one attached hydrogen (secondary N) is 1. The maximum Gasteiger partial charge on any atom is 0.206 e. The highest BCUT2D eigenvalue weighted by molar-refractivity contribution is 7.91. The number of likely N-dealkylation sites (N-methyl/N-ethyl adjacent to an activating group) is 1. The van der Waals surface area contributed by atoms with E-state index >= 15 is 0 Å². The molecule has 3 rings (SSSR count). The molecule has 0 radical (unpaired) electrons. The summed E-state index contributed by atoms with van der Waals surface area (Å²) in [5, 5.41) is 3.23. The van der Waals surface area contributed by atoms with Gasteiger partial charge in [0.05, 0.1) is 16.9 Å². The first kappa shape index (κ1) is 19.8. The van der Waals surface area contributed by atoms with Crippen molar-refractivity contribution in [2.24, 2.45) is 0 Å². The molecule has 6 heteroatoms. The molecule has 0 aliphatic heterocycles. The van der Waals surface area contributed by atoms with Crippen LogP contribution in [0, 0.1) is 0 Å². The Balaban J connectivity index is 0.00000225. The van der Waals surface area contributed by atoms with E-state index in [-0.39, 0.29) is 17.3 Å². The molecule has 0 fully saturated rings. The first-order valence-corrected chi connectivity index (χ1v) is 9.71. The lowest BCUT2D eigenvalue weighted by molar-refractivity contribution is 0.413. The SMILES string of the molecule is CNC[C@@H]1CCCc2cc(S(=O)(=O)c3cccc(OC)c3)ccc21.Cl. The van der Waals surface area contributed by atoms with E-state index in [1.54, 1.807) is 30.3 Å². The molecule has 0 spiro atoms. The molecule has 1 atom stereocenters. The maximum atomic E-state index is 12.9. The van der Waals surface area contributed by atoms with Crippen LogP contribution in [-0.4, -0.2) is 29.1 Å². The van der Waals surface area contributed by atoms with E-state index in [1.807, 2.05) is 19.2 Å². The molecular formula is C19H24ClNO3S. The van der Waals surface area contributed by atoms with E-state index in [0.29, 0.717) is 16.6 Å². The Bertz CT molecular complexity index is 836. The van der Waals surface area contributed by atoms with Crippen molar-refractivity contribution in [1.82, 2.24) is 5.32 Å². The highest BCUT2D eigenvalue weighted by atomic mass is 35.5. The van der Waals surface area contributed by atoms with Gasteiger partial charge in [-0.15, -0.1) is 12.4 Å². The summed E-state index contributed by atoms with van der Waals surface area (Å²) in [4.78, 5) is 0.629. The van der Waals surface area contributed by atoms with E-state index in [2.05, 4.69) is 5.32 Å². The second kappa shape index (κ2) is 8.21. The van der Waals surface area contributed by atoms with Crippen molar-refractivity contribution in [1.29, 1.82) is 0 Å². The van der Waals surface area contributed by atoms with Crippen LogP contribution in [-0.2, 0) is 16.3 Å². The number of fused-ring (bicyclic) bond motifs is 1. The van der Waals surface area contributed by atoms with Gasteiger partial charge in [0.2, 0.25) is 9.84 Å². The van der Waals surface area contributed by atoms with Gasteiger partial charge in [-0.2, -0.15) is 0 Å². The number of aryl methyl sites for hydroxylation is 1. The van der Waals surface area contributed by atoms with Gasteiger partial charge in [0.1, 0.15) is 5.75 Å². The van der Waals surface area contributed by atoms with Gasteiger partial charge in [-0.3, -0.25) is 0 Å². The standard InChI is InChI=1S/C19H23NO3S.ClH/c1-20-13-15-6-3-5-14-11-18(9-10-19(14)15)24(21,22)17-8-4-7-16(12-17)23-2;/h4,7-12,15,20H,3,5-6,13H2,1-2H3;1H/t15-;/m0./s1. The lowest BCUT2D eigenvalue weighted by atomic mass is 9.83. The third kappa shape index (κ3) is 4.00. The van der Waals surface area contributed by atoms with E-state index in [1.165, 1.54) is 12.7 Å². The Morgan fingerprint density at radius 1 is 1.16 bits per heavy atom. The third-order valence-corrected chi connectivity index (χ3v) is 6.41. The van der Waals surface area contributed by atoms with Crippen LogP contribution >= 0.6 is 12.4 Å². The predicted molar refractivity (Wildman–Crippen MR) is 102 cm³/mol. The topological polar surface area (TPSA) is 55.4 Å². The van der Waals surface area contributed by atoms with Crippen LogP contribution in [0.15, 0.2) is 52.3 Å². The first-order valence-electron chi connectivity index (χ1n) is 8.23. The molecule has 25 heavy (non-hydrogen) atoms. The molecule has 0 unspecified atom stereocenters. The summed E-state index contributed by atoms with van der Waals surface area (Å²) in [5.41, 5.74) is 2.44. The summed E-state index contributed by atoms with van der Waals surface area (Å²) >= 11 is 0. The Morgan fingerprint density at radius 3 is 2.64 bits per heavy atom. The van der Waals surface area contributed by atoms with Gasteiger partial charge in [0, 0.05) is 6.54 Å². The van der Waals surface area contributed by atoms with Crippen molar-refractivity contribution < 1.29 is 13.2 Å². The summed E-state index contributed by atoms with van der Waals surface area (Å²) in [6.07, 6.45) is 3.19. The number of rotatable bonds is 5. The van der Waals surface area contributed by atoms with E-state index in [4.69, 9.17) is 4.74 Å². The van der Waals surface area contributed by atoms with Crippen molar-refractivity contribution in [3.8, 4) is 5.75 Å². The monoisotopic (exact) mass is 381 g/mol. The maximum absolute atomic E-state index is 12.9. The average molecular weight is 382 g/mol. The Hall–Kier alpha value is -1.56. The fourth-order valence-corrected chi connectivity index (χ4v) is 4.77. The molecule has 0 bridgehead atoms. The minimum Gasteiger partial charge on any atom is -0.497 e. The van der Waals surface area contributed by atoms with Crippen LogP contribution in [0.1, 0.15) is 29.9 Å². The number of benzene rings is 2. The highest BCUT2D eigenvalue weighted by Gasteiger charge is 2.24. The van der Waals surface area contributed by atoms with E-state index in [9.17, 15) is 8.42 Å². The largest absolute Gasteiger partial charge is 0.497 e. The second-order valence-electron chi connectivity index (χ2n) is 6.19. The van der Waals surface area contributed by atoms with Crippen molar-refractivity contribution >= 4 is 22.2 Å². The molecule has 0 aromatic heterocycles. The fourth-order valence-electron chi connectivity index (χ4n) is 3.42. The third-order valence-electron chi connectivity index (χ3n) is 4.67. The predicted octanol–water partition coefficient (Wildman–Crippen LogP) is 3.59. The molecule has 0 heterocycles. The minimum absolute atomic E-state index is 0. The summed E-state index contributed by atoms with van der Waals surface area (Å²) < 4.78 is 31.0. The average Bonchev–Trinajstić information content (AvgIpc) is 2.62. The molecule has 0 saturated carbocycles. The normalized spacial score (nSPS) is 16.6. The van der Waals surface area contributed by atoms with Crippen LogP contribution in [0.3, 0.4) is 0 Å². The minimum atomic E-state index is -3.53. The zero-order valence-electron chi connectivity index (χ0n) is 14.5. The zero-order valence-corrected chi connectivity index (χ0v) is 16.1. The summed E-state index contributed by atoms with van der Waals surface area (Å²) in [7, 11) is -0.0419. The van der Waals surface area contributed by atoms with Gasteiger partial charge in [0.25, 0.3) is 0 Å².